The smallest absolute Gasteiger partial charge is 0.277 e. The summed E-state index contributed by atoms with van der Waals surface area (Å²) < 4.78 is 14.6. The Balaban J connectivity index is 1.67. The van der Waals surface area contributed by atoms with Crippen molar-refractivity contribution >= 4 is 11.7 Å². The van der Waals surface area contributed by atoms with E-state index in [1.165, 1.54) is 12.1 Å². The molecule has 1 aliphatic rings. The lowest BCUT2D eigenvalue weighted by molar-refractivity contribution is 0.102. The van der Waals surface area contributed by atoms with Crippen LogP contribution in [0.3, 0.4) is 0 Å². The summed E-state index contributed by atoms with van der Waals surface area (Å²) in [6, 6.07) is 4.61. The molecule has 0 aliphatic carbocycles. The zero-order chi connectivity index (χ0) is 14.7. The molecule has 0 saturated carbocycles. The first-order chi connectivity index (χ1) is 10.2. The highest BCUT2D eigenvalue weighted by Crippen LogP contribution is 2.16. The van der Waals surface area contributed by atoms with E-state index >= 15 is 0 Å². The van der Waals surface area contributed by atoms with Gasteiger partial charge < -0.3 is 10.6 Å². The lowest BCUT2D eigenvalue weighted by Gasteiger charge is -2.22. The van der Waals surface area contributed by atoms with Crippen molar-refractivity contribution in [2.45, 2.75) is 18.9 Å². The van der Waals surface area contributed by atoms with Crippen LogP contribution in [0.5, 0.6) is 0 Å². The van der Waals surface area contributed by atoms with Gasteiger partial charge in [0.2, 0.25) is 0 Å². The Morgan fingerprint density at radius 3 is 3.05 bits per heavy atom. The zero-order valence-electron chi connectivity index (χ0n) is 11.4. The van der Waals surface area contributed by atoms with E-state index < -0.39 is 5.82 Å². The molecule has 0 radical (unpaired) electrons. The van der Waals surface area contributed by atoms with Crippen LogP contribution in [0.4, 0.5) is 10.2 Å². The number of aromatic nitrogens is 3. The molecule has 2 aromatic heterocycles. The quantitative estimate of drug-likeness (QED) is 0.900. The summed E-state index contributed by atoms with van der Waals surface area (Å²) in [6.07, 6.45) is 5.02. The number of pyridine rings is 1. The first-order valence-electron chi connectivity index (χ1n) is 6.91. The molecule has 1 amide bonds. The maximum absolute atomic E-state index is 12.8. The Morgan fingerprint density at radius 1 is 1.43 bits per heavy atom. The van der Waals surface area contributed by atoms with Crippen molar-refractivity contribution in [3.8, 4) is 0 Å². The first-order valence-corrected chi connectivity index (χ1v) is 6.91. The molecule has 1 aliphatic heterocycles. The lowest BCUT2D eigenvalue weighted by Crippen LogP contribution is -2.32. The second kappa shape index (κ2) is 6.01. The molecular weight excluding hydrogens is 273 g/mol. The third-order valence-electron chi connectivity index (χ3n) is 3.45. The van der Waals surface area contributed by atoms with Gasteiger partial charge in [-0.2, -0.15) is 5.10 Å². The van der Waals surface area contributed by atoms with Crippen LogP contribution in [-0.4, -0.2) is 33.8 Å². The number of nitrogens with zero attached hydrogens (tertiary/aromatic N) is 3. The van der Waals surface area contributed by atoms with Crippen LogP contribution < -0.4 is 10.6 Å². The number of piperidine rings is 1. The number of halogens is 1. The number of hydrogen-bond donors (Lipinski definition) is 2. The van der Waals surface area contributed by atoms with Gasteiger partial charge in [-0.15, -0.1) is 0 Å². The molecule has 0 spiro atoms. The van der Waals surface area contributed by atoms with Crippen molar-refractivity contribution in [2.75, 3.05) is 18.4 Å². The van der Waals surface area contributed by atoms with Crippen molar-refractivity contribution in [1.82, 2.24) is 20.1 Å². The van der Waals surface area contributed by atoms with Crippen molar-refractivity contribution < 1.29 is 9.18 Å². The molecule has 1 saturated heterocycles. The third-order valence-corrected chi connectivity index (χ3v) is 3.45. The number of hydrogen-bond acceptors (Lipinski definition) is 4. The molecule has 1 unspecified atom stereocenters. The van der Waals surface area contributed by atoms with Gasteiger partial charge in [0, 0.05) is 12.7 Å². The first kappa shape index (κ1) is 13.7. The third kappa shape index (κ3) is 3.25. The molecule has 7 heteroatoms. The Labute approximate surface area is 121 Å². The van der Waals surface area contributed by atoms with Crippen LogP contribution in [-0.2, 0) is 0 Å². The molecule has 0 bridgehead atoms. The summed E-state index contributed by atoms with van der Waals surface area (Å²) in [4.78, 5) is 15.8. The maximum atomic E-state index is 12.8. The van der Waals surface area contributed by atoms with E-state index in [0.29, 0.717) is 11.5 Å². The monoisotopic (exact) mass is 289 g/mol. The average Bonchev–Trinajstić information content (AvgIpc) is 3.00. The van der Waals surface area contributed by atoms with Crippen LogP contribution in [0.25, 0.3) is 0 Å². The van der Waals surface area contributed by atoms with E-state index in [9.17, 15) is 9.18 Å². The topological polar surface area (TPSA) is 71.8 Å². The van der Waals surface area contributed by atoms with Crippen molar-refractivity contribution in [2.24, 2.45) is 0 Å². The van der Waals surface area contributed by atoms with Gasteiger partial charge in [-0.25, -0.2) is 9.37 Å². The van der Waals surface area contributed by atoms with E-state index in [0.717, 1.165) is 32.1 Å². The van der Waals surface area contributed by atoms with Gasteiger partial charge in [-0.3, -0.25) is 9.48 Å². The Hall–Kier alpha value is -2.28. The van der Waals surface area contributed by atoms with Crippen molar-refractivity contribution in [3.05, 3.63) is 42.1 Å². The number of amides is 1. The normalized spacial score (nSPS) is 18.4. The number of nitrogens with one attached hydrogen (secondary N) is 2. The summed E-state index contributed by atoms with van der Waals surface area (Å²) in [6.45, 7) is 1.89. The summed E-state index contributed by atoms with van der Waals surface area (Å²) >= 11 is 0. The van der Waals surface area contributed by atoms with Gasteiger partial charge in [0.05, 0.1) is 12.2 Å². The van der Waals surface area contributed by atoms with Gasteiger partial charge in [0.15, 0.2) is 5.69 Å². The van der Waals surface area contributed by atoms with Crippen molar-refractivity contribution in [1.29, 1.82) is 0 Å². The van der Waals surface area contributed by atoms with Gasteiger partial charge in [-0.05, 0) is 37.6 Å². The van der Waals surface area contributed by atoms with Gasteiger partial charge >= 0.3 is 0 Å². The highest BCUT2D eigenvalue weighted by molar-refractivity contribution is 6.02. The molecular formula is C14H16FN5O. The summed E-state index contributed by atoms with van der Waals surface area (Å²) in [5.74, 6) is -0.492. The van der Waals surface area contributed by atoms with Crippen LogP contribution in [0.15, 0.2) is 30.6 Å². The Morgan fingerprint density at radius 2 is 2.33 bits per heavy atom. The molecule has 3 heterocycles. The SMILES string of the molecule is O=C(Nc1ccc(F)cn1)c1ccn(C2CCCNC2)n1. The van der Waals surface area contributed by atoms with Crippen LogP contribution in [0, 0.1) is 5.82 Å². The van der Waals surface area contributed by atoms with Gasteiger partial charge in [0.25, 0.3) is 5.91 Å². The zero-order valence-corrected chi connectivity index (χ0v) is 11.4. The number of carbonyl (C=O) groups is 1. The molecule has 1 atom stereocenters. The van der Waals surface area contributed by atoms with E-state index in [1.807, 2.05) is 10.9 Å². The molecule has 2 aromatic rings. The standard InChI is InChI=1S/C14H16FN5O/c15-10-3-4-13(17-8-10)18-14(21)12-5-7-20(19-12)11-2-1-6-16-9-11/h3-5,7-8,11,16H,1-2,6,9H2,(H,17,18,21). The Kier molecular flexibility index (Phi) is 3.92. The lowest BCUT2D eigenvalue weighted by atomic mass is 10.1. The predicted molar refractivity (Wildman–Crippen MR) is 75.5 cm³/mol. The summed E-state index contributed by atoms with van der Waals surface area (Å²) in [7, 11) is 0. The fourth-order valence-corrected chi connectivity index (χ4v) is 2.35. The summed E-state index contributed by atoms with van der Waals surface area (Å²) in [5, 5.41) is 10.2. The minimum absolute atomic E-state index is 0.282. The number of anilines is 1. The van der Waals surface area contributed by atoms with E-state index in [4.69, 9.17) is 0 Å². The molecule has 6 nitrogen and oxygen atoms in total. The van der Waals surface area contributed by atoms with E-state index in [2.05, 4.69) is 20.7 Å². The fraction of sp³-hybridized carbons (Fsp3) is 0.357. The molecule has 0 aromatic carbocycles. The highest BCUT2D eigenvalue weighted by Gasteiger charge is 2.17. The largest absolute Gasteiger partial charge is 0.315 e. The minimum Gasteiger partial charge on any atom is -0.315 e. The fourth-order valence-electron chi connectivity index (χ4n) is 2.35. The second-order valence-corrected chi connectivity index (χ2v) is 5.00. The van der Waals surface area contributed by atoms with E-state index in [1.54, 1.807) is 6.07 Å². The molecule has 2 N–H and O–H groups in total. The number of carbonyl (C=O) groups excluding carboxylic acids is 1. The second-order valence-electron chi connectivity index (χ2n) is 5.00. The summed E-state index contributed by atoms with van der Waals surface area (Å²) in [5.41, 5.74) is 0.326. The molecule has 3 rings (SSSR count). The number of rotatable bonds is 3. The predicted octanol–water partition coefficient (Wildman–Crippen LogP) is 1.59. The average molecular weight is 289 g/mol. The molecule has 21 heavy (non-hydrogen) atoms. The van der Waals surface area contributed by atoms with Crippen LogP contribution >= 0.6 is 0 Å². The van der Waals surface area contributed by atoms with Gasteiger partial charge in [-0.1, -0.05) is 0 Å². The molecule has 110 valence electrons. The van der Waals surface area contributed by atoms with Crippen molar-refractivity contribution in [3.63, 3.8) is 0 Å². The Bertz CT molecular complexity index is 619. The van der Waals surface area contributed by atoms with Crippen LogP contribution in [0.2, 0.25) is 0 Å². The minimum atomic E-state index is -0.443. The van der Waals surface area contributed by atoms with E-state index in [-0.39, 0.29) is 11.9 Å². The maximum Gasteiger partial charge on any atom is 0.277 e. The highest BCUT2D eigenvalue weighted by atomic mass is 19.1. The molecule has 1 fully saturated rings. The van der Waals surface area contributed by atoms with Crippen LogP contribution in [0.1, 0.15) is 29.4 Å². The van der Waals surface area contributed by atoms with Gasteiger partial charge in [0.1, 0.15) is 11.6 Å².